The van der Waals surface area contributed by atoms with Crippen molar-refractivity contribution in [2.75, 3.05) is 86.0 Å². The Hall–Kier alpha value is -5.75. The Balaban J connectivity index is 0.799. The Labute approximate surface area is 347 Å². The number of fused-ring (bicyclic) bond motifs is 2. The van der Waals surface area contributed by atoms with Crippen LogP contribution in [0.4, 0.5) is 33.5 Å². The summed E-state index contributed by atoms with van der Waals surface area (Å²) < 4.78 is 23.1. The van der Waals surface area contributed by atoms with Crippen molar-refractivity contribution >= 4 is 63.6 Å². The molecule has 4 saturated heterocycles. The van der Waals surface area contributed by atoms with Gasteiger partial charge < -0.3 is 24.8 Å². The molecule has 1 unspecified atom stereocenters. The second-order valence-corrected chi connectivity index (χ2v) is 16.8. The number of rotatable bonds is 10. The molecule has 0 saturated carbocycles. The van der Waals surface area contributed by atoms with Gasteiger partial charge in [0.15, 0.2) is 5.82 Å². The Morgan fingerprint density at radius 2 is 1.57 bits per heavy atom. The van der Waals surface area contributed by atoms with Crippen LogP contribution in [0.5, 0.6) is 0 Å². The third-order valence-corrected chi connectivity index (χ3v) is 12.7. The van der Waals surface area contributed by atoms with E-state index in [1.165, 1.54) is 6.07 Å². The normalized spacial score (nSPS) is 21.1. The zero-order valence-electron chi connectivity index (χ0n) is 34.3. The molecule has 0 aliphatic carbocycles. The van der Waals surface area contributed by atoms with Crippen molar-refractivity contribution in [3.05, 3.63) is 53.6 Å². The Morgan fingerprint density at radius 3 is 2.27 bits per heavy atom. The number of hydrogen-bond acceptors (Lipinski definition) is 14. The first-order valence-corrected chi connectivity index (χ1v) is 21.1. The molecule has 9 rings (SSSR count). The van der Waals surface area contributed by atoms with Gasteiger partial charge in [-0.3, -0.25) is 39.0 Å². The molecule has 316 valence electrons. The molecule has 0 radical (unpaired) electrons. The summed E-state index contributed by atoms with van der Waals surface area (Å²) in [5, 5.41) is 11.7. The van der Waals surface area contributed by atoms with E-state index in [1.54, 1.807) is 13.3 Å². The van der Waals surface area contributed by atoms with Crippen molar-refractivity contribution in [1.29, 1.82) is 0 Å². The zero-order valence-corrected chi connectivity index (χ0v) is 34.3. The summed E-state index contributed by atoms with van der Waals surface area (Å²) in [7, 11) is 1.77. The highest BCUT2D eigenvalue weighted by Crippen LogP contribution is 2.35. The molecule has 1 atom stereocenters. The SMILES string of the molecule is COC1CCN(c2nccc(Nc3cc4c(cn3)c(N3CCC(CN5CCN(c6cc7c(cc6F)C(=O)N(C6CCC(=O)NC6=O)C7=O)CC5)CC3)nn4C(C)C)n2)CC1. The molecular weight excluding hydrogens is 772 g/mol. The van der Waals surface area contributed by atoms with E-state index >= 15 is 4.39 Å². The number of aromatic nitrogens is 5. The molecule has 2 N–H and O–H groups in total. The van der Waals surface area contributed by atoms with Crippen LogP contribution in [0.25, 0.3) is 10.9 Å². The van der Waals surface area contributed by atoms with E-state index in [-0.39, 0.29) is 41.8 Å². The van der Waals surface area contributed by atoms with E-state index in [2.05, 4.69) is 48.8 Å². The number of piperazine rings is 1. The minimum atomic E-state index is -1.09. The molecule has 4 aromatic rings. The lowest BCUT2D eigenvalue weighted by Crippen LogP contribution is -2.54. The van der Waals surface area contributed by atoms with Gasteiger partial charge in [0.05, 0.1) is 33.8 Å². The molecule has 0 bridgehead atoms. The molecule has 0 spiro atoms. The number of amides is 4. The van der Waals surface area contributed by atoms with Crippen LogP contribution in [0, 0.1) is 11.7 Å². The van der Waals surface area contributed by atoms with Crippen molar-refractivity contribution in [1.82, 2.24) is 39.8 Å². The molecule has 17 nitrogen and oxygen atoms in total. The number of ether oxygens (including phenoxy) is 1. The summed E-state index contributed by atoms with van der Waals surface area (Å²) in [6.07, 6.45) is 7.96. The highest BCUT2D eigenvalue weighted by Gasteiger charge is 2.45. The second-order valence-electron chi connectivity index (χ2n) is 16.8. The minimum absolute atomic E-state index is 0.0223. The smallest absolute Gasteiger partial charge is 0.262 e. The largest absolute Gasteiger partial charge is 0.381 e. The summed E-state index contributed by atoms with van der Waals surface area (Å²) >= 11 is 0. The van der Waals surface area contributed by atoms with Gasteiger partial charge in [-0.1, -0.05) is 0 Å². The van der Waals surface area contributed by atoms with Crippen molar-refractivity contribution in [3.8, 4) is 0 Å². The Bertz CT molecular complexity index is 2310. The number of nitrogens with zero attached hydrogens (tertiary/aromatic N) is 10. The highest BCUT2D eigenvalue weighted by atomic mass is 19.1. The van der Waals surface area contributed by atoms with E-state index in [9.17, 15) is 19.2 Å². The number of methoxy groups -OCH3 is 1. The zero-order chi connectivity index (χ0) is 41.7. The Kier molecular flexibility index (Phi) is 10.8. The van der Waals surface area contributed by atoms with E-state index in [1.807, 2.05) is 23.2 Å². The first-order valence-electron chi connectivity index (χ1n) is 21.1. The van der Waals surface area contributed by atoms with E-state index < -0.39 is 35.5 Å². The van der Waals surface area contributed by atoms with Crippen LogP contribution in [0.1, 0.15) is 79.1 Å². The number of halogens is 1. The number of nitrogens with one attached hydrogen (secondary N) is 2. The fraction of sp³-hybridized carbons (Fsp3) is 0.524. The fourth-order valence-electron chi connectivity index (χ4n) is 9.29. The molecule has 3 aromatic heterocycles. The molecule has 5 aliphatic rings. The molecule has 60 heavy (non-hydrogen) atoms. The number of piperidine rings is 3. The van der Waals surface area contributed by atoms with Gasteiger partial charge in [0.25, 0.3) is 11.8 Å². The number of carbonyl (C=O) groups excluding carboxylic acids is 4. The van der Waals surface area contributed by atoms with Crippen molar-refractivity contribution in [2.24, 2.45) is 5.92 Å². The lowest BCUT2D eigenvalue weighted by atomic mass is 9.95. The first-order chi connectivity index (χ1) is 29.0. The summed E-state index contributed by atoms with van der Waals surface area (Å²) in [6, 6.07) is 5.51. The van der Waals surface area contributed by atoms with Crippen LogP contribution in [0.15, 0.2) is 36.7 Å². The third kappa shape index (κ3) is 7.61. The lowest BCUT2D eigenvalue weighted by molar-refractivity contribution is -0.136. The van der Waals surface area contributed by atoms with Crippen molar-refractivity contribution < 1.29 is 28.3 Å². The van der Waals surface area contributed by atoms with Crippen molar-refractivity contribution in [2.45, 2.75) is 70.6 Å². The minimum Gasteiger partial charge on any atom is -0.381 e. The highest BCUT2D eigenvalue weighted by molar-refractivity contribution is 6.23. The van der Waals surface area contributed by atoms with Gasteiger partial charge >= 0.3 is 0 Å². The number of carbonyl (C=O) groups is 4. The van der Waals surface area contributed by atoms with Gasteiger partial charge in [-0.2, -0.15) is 10.1 Å². The van der Waals surface area contributed by atoms with E-state index in [4.69, 9.17) is 19.8 Å². The van der Waals surface area contributed by atoms with Crippen LogP contribution in [-0.2, 0) is 14.3 Å². The van der Waals surface area contributed by atoms with Crippen LogP contribution in [-0.4, -0.2) is 136 Å². The first kappa shape index (κ1) is 39.7. The fourth-order valence-corrected chi connectivity index (χ4v) is 9.29. The molecule has 8 heterocycles. The molecule has 5 aliphatic heterocycles. The monoisotopic (exact) mass is 822 g/mol. The maximum absolute atomic E-state index is 15.5. The van der Waals surface area contributed by atoms with Crippen LogP contribution >= 0.6 is 0 Å². The Morgan fingerprint density at radius 1 is 0.850 bits per heavy atom. The molecule has 1 aromatic carbocycles. The maximum atomic E-state index is 15.5. The number of hydrogen-bond donors (Lipinski definition) is 2. The van der Waals surface area contributed by atoms with Crippen molar-refractivity contribution in [3.63, 3.8) is 0 Å². The van der Waals surface area contributed by atoms with Gasteiger partial charge in [0.1, 0.15) is 23.5 Å². The van der Waals surface area contributed by atoms with Crippen LogP contribution in [0.3, 0.4) is 0 Å². The van der Waals surface area contributed by atoms with Gasteiger partial charge in [0, 0.05) is 96.9 Å². The molecular formula is C42H51FN12O5. The number of imide groups is 2. The molecule has 18 heteroatoms. The molecule has 4 amide bonds. The van der Waals surface area contributed by atoms with Gasteiger partial charge in [-0.15, -0.1) is 0 Å². The number of benzene rings is 1. The average molecular weight is 823 g/mol. The lowest BCUT2D eigenvalue weighted by Gasteiger charge is -2.39. The predicted molar refractivity (Wildman–Crippen MR) is 222 cm³/mol. The van der Waals surface area contributed by atoms with Gasteiger partial charge in [-0.25, -0.2) is 14.4 Å². The predicted octanol–water partition coefficient (Wildman–Crippen LogP) is 3.74. The average Bonchev–Trinajstić information content (AvgIpc) is 3.75. The summed E-state index contributed by atoms with van der Waals surface area (Å²) in [5.41, 5.74) is 1.31. The topological polar surface area (TPSA) is 174 Å². The van der Waals surface area contributed by atoms with E-state index in [0.717, 1.165) is 99.2 Å². The number of pyridine rings is 1. The maximum Gasteiger partial charge on any atom is 0.262 e. The molecule has 4 fully saturated rings. The summed E-state index contributed by atoms with van der Waals surface area (Å²) in [5.74, 6) is 0.456. The second kappa shape index (κ2) is 16.4. The van der Waals surface area contributed by atoms with Crippen LogP contribution < -0.4 is 25.3 Å². The van der Waals surface area contributed by atoms with Crippen LogP contribution in [0.2, 0.25) is 0 Å². The quantitative estimate of drug-likeness (QED) is 0.222. The number of anilines is 5. The van der Waals surface area contributed by atoms with Gasteiger partial charge in [0.2, 0.25) is 17.8 Å². The standard InChI is InChI=1S/C42H51FN12O5/c1-25(2)55-33-22-36(46-35-6-11-44-42(47-35)53-14-9-27(60-3)10-15-53)45-23-30(33)38(49-55)52-12-7-26(8-13-52)24-50-16-18-51(19-17-50)34-21-29-28(20-31(34)43)40(58)54(41(29)59)32-4-5-37(56)48-39(32)57/h6,11,20-23,25-27,32H,4-5,7-10,12-19,24H2,1-3H3,(H,48,56,57)(H,44,45,46,47). The summed E-state index contributed by atoms with van der Waals surface area (Å²) in [6.45, 7) is 11.3. The van der Waals surface area contributed by atoms with Gasteiger partial charge in [-0.05, 0) is 70.1 Å². The summed E-state index contributed by atoms with van der Waals surface area (Å²) in [4.78, 5) is 74.5. The third-order valence-electron chi connectivity index (χ3n) is 12.7. The van der Waals surface area contributed by atoms with E-state index in [0.29, 0.717) is 36.6 Å².